The van der Waals surface area contributed by atoms with Gasteiger partial charge in [-0.1, -0.05) is 23.7 Å². The van der Waals surface area contributed by atoms with E-state index in [2.05, 4.69) is 4.90 Å². The third kappa shape index (κ3) is 7.48. The Labute approximate surface area is 267 Å². The van der Waals surface area contributed by atoms with E-state index >= 15 is 0 Å². The van der Waals surface area contributed by atoms with Gasteiger partial charge in [0.05, 0.1) is 19.2 Å². The topological polar surface area (TPSA) is 110 Å². The van der Waals surface area contributed by atoms with Crippen LogP contribution in [0.4, 0.5) is 0 Å². The first-order chi connectivity index (χ1) is 21.6. The fraction of sp³-hybridized carbons (Fsp3) is 0.441. The number of halogens is 1. The summed E-state index contributed by atoms with van der Waals surface area (Å²) >= 11 is 6.18. The number of aliphatic hydroxyl groups is 2. The number of piperidine rings is 1. The standard InChI is InChI=1S/C34H39ClN2O8/c1-33(40)21-37(44-22-33)32(39)29-9-8-28(42-19-23-3-6-27(41-2)7-4-23)16-31(29)43-20-26(38)18-36-13-11-34(12-14-36)17-24-15-25(35)5-10-30(24)45-34/h3-10,15-16,26,38,40H,11-14,17-22H2,1-2H3/t26-,33+/m1/s1. The summed E-state index contributed by atoms with van der Waals surface area (Å²) in [6, 6.07) is 18.3. The van der Waals surface area contributed by atoms with Crippen LogP contribution in [0.15, 0.2) is 60.7 Å². The summed E-state index contributed by atoms with van der Waals surface area (Å²) in [5, 5.41) is 23.1. The van der Waals surface area contributed by atoms with Crippen LogP contribution < -0.4 is 18.9 Å². The average molecular weight is 639 g/mol. The highest BCUT2D eigenvalue weighted by molar-refractivity contribution is 6.30. The largest absolute Gasteiger partial charge is 0.497 e. The van der Waals surface area contributed by atoms with Gasteiger partial charge in [-0.05, 0) is 60.5 Å². The number of benzene rings is 3. The number of hydroxylamine groups is 2. The Morgan fingerprint density at radius 2 is 1.80 bits per heavy atom. The van der Waals surface area contributed by atoms with Crippen molar-refractivity contribution in [3.8, 4) is 23.0 Å². The summed E-state index contributed by atoms with van der Waals surface area (Å²) < 4.78 is 23.6. The second kappa shape index (κ2) is 13.1. The normalized spacial score (nSPS) is 21.3. The van der Waals surface area contributed by atoms with Crippen molar-refractivity contribution in [2.45, 2.75) is 50.1 Å². The Bertz CT molecular complexity index is 1510. The molecule has 1 spiro atoms. The van der Waals surface area contributed by atoms with Crippen LogP contribution >= 0.6 is 11.6 Å². The predicted octanol–water partition coefficient (Wildman–Crippen LogP) is 4.28. The van der Waals surface area contributed by atoms with Gasteiger partial charge >= 0.3 is 0 Å². The maximum Gasteiger partial charge on any atom is 0.281 e. The van der Waals surface area contributed by atoms with E-state index < -0.39 is 17.6 Å². The molecule has 10 nitrogen and oxygen atoms in total. The molecule has 0 unspecified atom stereocenters. The lowest BCUT2D eigenvalue weighted by atomic mass is 9.87. The van der Waals surface area contributed by atoms with Crippen molar-refractivity contribution in [3.05, 3.63) is 82.4 Å². The fourth-order valence-corrected chi connectivity index (χ4v) is 6.21. The number of nitrogens with zero attached hydrogens (tertiary/aromatic N) is 2. The monoisotopic (exact) mass is 638 g/mol. The van der Waals surface area contributed by atoms with Crippen molar-refractivity contribution in [1.82, 2.24) is 9.96 Å². The summed E-state index contributed by atoms with van der Waals surface area (Å²) in [5.74, 6) is 1.98. The molecule has 0 radical (unpaired) electrons. The van der Waals surface area contributed by atoms with E-state index in [0.717, 1.165) is 60.0 Å². The number of fused-ring (bicyclic) bond motifs is 1. The number of carbonyl (C=O) groups excluding carboxylic acids is 1. The van der Waals surface area contributed by atoms with Gasteiger partial charge in [0, 0.05) is 50.0 Å². The molecule has 2 saturated heterocycles. The molecule has 2 N–H and O–H groups in total. The van der Waals surface area contributed by atoms with Crippen LogP contribution in [0.5, 0.6) is 23.0 Å². The highest BCUT2D eigenvalue weighted by Crippen LogP contribution is 2.42. The Morgan fingerprint density at radius 1 is 1.04 bits per heavy atom. The zero-order valence-electron chi connectivity index (χ0n) is 25.5. The van der Waals surface area contributed by atoms with Gasteiger partial charge in [0.2, 0.25) is 0 Å². The summed E-state index contributed by atoms with van der Waals surface area (Å²) in [6.45, 7) is 3.91. The first-order valence-corrected chi connectivity index (χ1v) is 15.6. The van der Waals surface area contributed by atoms with Crippen LogP contribution in [0, 0.1) is 0 Å². The van der Waals surface area contributed by atoms with Crippen molar-refractivity contribution in [3.63, 3.8) is 0 Å². The highest BCUT2D eigenvalue weighted by Gasteiger charge is 2.42. The molecule has 2 atom stereocenters. The zero-order valence-corrected chi connectivity index (χ0v) is 26.3. The maximum atomic E-state index is 13.4. The molecule has 3 aromatic carbocycles. The quantitative estimate of drug-likeness (QED) is 0.336. The summed E-state index contributed by atoms with van der Waals surface area (Å²) in [6.07, 6.45) is 1.74. The number of aliphatic hydroxyl groups excluding tert-OH is 1. The van der Waals surface area contributed by atoms with E-state index in [1.165, 1.54) is 0 Å². The van der Waals surface area contributed by atoms with Crippen molar-refractivity contribution >= 4 is 17.5 Å². The van der Waals surface area contributed by atoms with Crippen molar-refractivity contribution in [1.29, 1.82) is 0 Å². The molecule has 240 valence electrons. The number of β-amino-alcohol motifs (C(OH)–C–C–N with tert-alkyl or cyclic N) is 2. The molecule has 0 bridgehead atoms. The smallest absolute Gasteiger partial charge is 0.281 e. The van der Waals surface area contributed by atoms with Gasteiger partial charge in [0.25, 0.3) is 5.91 Å². The van der Waals surface area contributed by atoms with Crippen LogP contribution in [0.2, 0.25) is 5.02 Å². The Morgan fingerprint density at radius 3 is 2.51 bits per heavy atom. The zero-order chi connectivity index (χ0) is 31.6. The van der Waals surface area contributed by atoms with Gasteiger partial charge in [-0.15, -0.1) is 0 Å². The SMILES string of the molecule is COc1ccc(COc2ccc(C(=O)N3C[C@](C)(O)CO3)c(OC[C@H](O)CN3CCC4(CC3)Cc3cc(Cl)ccc3O4)c2)cc1. The Kier molecular flexibility index (Phi) is 9.12. The molecule has 3 aliphatic rings. The Balaban J connectivity index is 1.07. The van der Waals surface area contributed by atoms with E-state index in [9.17, 15) is 15.0 Å². The summed E-state index contributed by atoms with van der Waals surface area (Å²) in [5.41, 5.74) is 0.971. The first kappa shape index (κ1) is 31.4. The van der Waals surface area contributed by atoms with Crippen LogP contribution in [-0.4, -0.2) is 89.9 Å². The van der Waals surface area contributed by atoms with Gasteiger partial charge in [0.15, 0.2) is 0 Å². The molecule has 2 fully saturated rings. The number of hydrogen-bond acceptors (Lipinski definition) is 9. The molecule has 0 aliphatic carbocycles. The van der Waals surface area contributed by atoms with E-state index in [1.807, 2.05) is 42.5 Å². The highest BCUT2D eigenvalue weighted by atomic mass is 35.5. The minimum absolute atomic E-state index is 0.0126. The van der Waals surface area contributed by atoms with Gasteiger partial charge in [-0.3, -0.25) is 9.63 Å². The van der Waals surface area contributed by atoms with Crippen LogP contribution in [0.1, 0.15) is 41.3 Å². The maximum absolute atomic E-state index is 13.4. The molecule has 3 aromatic rings. The van der Waals surface area contributed by atoms with E-state index in [4.69, 9.17) is 35.4 Å². The lowest BCUT2D eigenvalue weighted by Crippen LogP contribution is -2.49. The molecule has 6 rings (SSSR count). The number of likely N-dealkylation sites (tertiary alicyclic amines) is 1. The second-order valence-corrected chi connectivity index (χ2v) is 12.8. The summed E-state index contributed by atoms with van der Waals surface area (Å²) in [4.78, 5) is 21.0. The lowest BCUT2D eigenvalue weighted by molar-refractivity contribution is -0.0799. The fourth-order valence-electron chi connectivity index (χ4n) is 6.02. The molecule has 45 heavy (non-hydrogen) atoms. The molecule has 3 aliphatic heterocycles. The number of methoxy groups -OCH3 is 1. The predicted molar refractivity (Wildman–Crippen MR) is 167 cm³/mol. The molecule has 11 heteroatoms. The second-order valence-electron chi connectivity index (χ2n) is 12.4. The minimum Gasteiger partial charge on any atom is -0.497 e. The van der Waals surface area contributed by atoms with E-state index in [0.29, 0.717) is 23.9 Å². The minimum atomic E-state index is -1.14. The summed E-state index contributed by atoms with van der Waals surface area (Å²) in [7, 11) is 1.62. The van der Waals surface area contributed by atoms with E-state index in [1.54, 1.807) is 32.2 Å². The number of carbonyl (C=O) groups is 1. The van der Waals surface area contributed by atoms with Crippen molar-refractivity contribution in [2.75, 3.05) is 46.5 Å². The van der Waals surface area contributed by atoms with E-state index in [-0.39, 0.29) is 36.7 Å². The van der Waals surface area contributed by atoms with Crippen LogP contribution in [-0.2, 0) is 17.9 Å². The molecule has 0 saturated carbocycles. The average Bonchev–Trinajstić information content (AvgIpc) is 3.58. The lowest BCUT2D eigenvalue weighted by Gasteiger charge is -2.39. The van der Waals surface area contributed by atoms with Crippen LogP contribution in [0.25, 0.3) is 0 Å². The van der Waals surface area contributed by atoms with Crippen molar-refractivity contribution in [2.24, 2.45) is 0 Å². The molecular formula is C34H39ClN2O8. The van der Waals surface area contributed by atoms with Gasteiger partial charge in [0.1, 0.15) is 60.1 Å². The molecule has 1 amide bonds. The third-order valence-electron chi connectivity index (χ3n) is 8.52. The number of rotatable bonds is 10. The molecule has 0 aromatic heterocycles. The Hall–Kier alpha value is -3.54. The number of hydrogen-bond donors (Lipinski definition) is 2. The number of ether oxygens (including phenoxy) is 4. The molecular weight excluding hydrogens is 600 g/mol. The van der Waals surface area contributed by atoms with Gasteiger partial charge < -0.3 is 34.1 Å². The van der Waals surface area contributed by atoms with Gasteiger partial charge in [-0.25, -0.2) is 5.06 Å². The van der Waals surface area contributed by atoms with Crippen LogP contribution in [0.3, 0.4) is 0 Å². The number of amides is 1. The van der Waals surface area contributed by atoms with Gasteiger partial charge in [-0.2, -0.15) is 0 Å². The van der Waals surface area contributed by atoms with Crippen molar-refractivity contribution < 1.29 is 38.8 Å². The molecule has 3 heterocycles. The third-order valence-corrected chi connectivity index (χ3v) is 8.75. The first-order valence-electron chi connectivity index (χ1n) is 15.2.